The highest BCUT2D eigenvalue weighted by atomic mass is 19.4. The zero-order chi connectivity index (χ0) is 19.6. The Bertz CT molecular complexity index is 971. The number of alkyl halides is 3. The molecule has 140 valence electrons. The fourth-order valence-electron chi connectivity index (χ4n) is 2.40. The van der Waals surface area contributed by atoms with Gasteiger partial charge in [-0.3, -0.25) is 9.78 Å². The van der Waals surface area contributed by atoms with Crippen LogP contribution in [0.2, 0.25) is 0 Å². The van der Waals surface area contributed by atoms with Crippen molar-refractivity contribution in [2.24, 2.45) is 0 Å². The summed E-state index contributed by atoms with van der Waals surface area (Å²) in [6.45, 7) is 0. The largest absolute Gasteiger partial charge is 0.495 e. The van der Waals surface area contributed by atoms with Crippen LogP contribution in [0.5, 0.6) is 5.75 Å². The van der Waals surface area contributed by atoms with E-state index in [1.165, 1.54) is 19.5 Å². The van der Waals surface area contributed by atoms with Gasteiger partial charge in [0, 0.05) is 18.0 Å². The summed E-state index contributed by atoms with van der Waals surface area (Å²) < 4.78 is 48.8. The van der Waals surface area contributed by atoms with Crippen molar-refractivity contribution in [2.75, 3.05) is 18.2 Å². The van der Waals surface area contributed by atoms with E-state index in [-0.39, 0.29) is 28.6 Å². The van der Waals surface area contributed by atoms with Crippen LogP contribution in [-0.4, -0.2) is 23.2 Å². The predicted molar refractivity (Wildman–Crippen MR) is 90.1 cm³/mol. The van der Waals surface area contributed by atoms with Crippen LogP contribution in [0.4, 0.5) is 24.7 Å². The minimum atomic E-state index is -4.58. The van der Waals surface area contributed by atoms with Crippen LogP contribution in [0.15, 0.2) is 47.2 Å². The van der Waals surface area contributed by atoms with Crippen LogP contribution >= 0.6 is 0 Å². The maximum Gasteiger partial charge on any atom is 0.416 e. The van der Waals surface area contributed by atoms with E-state index in [9.17, 15) is 18.0 Å². The third-order valence-electron chi connectivity index (χ3n) is 3.67. The number of amides is 1. The molecule has 0 aliphatic carbocycles. The monoisotopic (exact) mass is 378 g/mol. The number of ether oxygens (including phenoxy) is 1. The number of benzene rings is 1. The van der Waals surface area contributed by atoms with Crippen molar-refractivity contribution >= 4 is 17.5 Å². The molecular formula is C17H13F3N4O3. The lowest BCUT2D eigenvalue weighted by atomic mass is 10.1. The smallest absolute Gasteiger partial charge is 0.416 e. The second-order valence-corrected chi connectivity index (χ2v) is 5.37. The molecule has 0 unspecified atom stereocenters. The van der Waals surface area contributed by atoms with E-state index in [2.05, 4.69) is 15.5 Å². The molecule has 0 fully saturated rings. The lowest BCUT2D eigenvalue weighted by Gasteiger charge is -2.13. The van der Waals surface area contributed by atoms with Crippen LogP contribution in [0.1, 0.15) is 15.9 Å². The Balaban J connectivity index is 1.99. The fraction of sp³-hybridized carbons (Fsp3) is 0.118. The van der Waals surface area contributed by atoms with Crippen LogP contribution in [-0.2, 0) is 6.18 Å². The van der Waals surface area contributed by atoms with Gasteiger partial charge in [0.15, 0.2) is 0 Å². The Hall–Kier alpha value is -3.56. The zero-order valence-electron chi connectivity index (χ0n) is 13.9. The number of halogens is 3. The summed E-state index contributed by atoms with van der Waals surface area (Å²) in [5.74, 6) is -1.01. The number of hydrogen-bond acceptors (Lipinski definition) is 6. The van der Waals surface area contributed by atoms with E-state index in [0.717, 1.165) is 18.2 Å². The van der Waals surface area contributed by atoms with Gasteiger partial charge in [0.2, 0.25) is 5.88 Å². The summed E-state index contributed by atoms with van der Waals surface area (Å²) in [5.41, 5.74) is 5.11. The van der Waals surface area contributed by atoms with Crippen LogP contribution < -0.4 is 15.8 Å². The van der Waals surface area contributed by atoms with Gasteiger partial charge in [0.25, 0.3) is 5.91 Å². The van der Waals surface area contributed by atoms with Gasteiger partial charge in [0.05, 0.1) is 18.4 Å². The normalized spacial score (nSPS) is 11.3. The molecule has 3 N–H and O–H groups in total. The van der Waals surface area contributed by atoms with Crippen molar-refractivity contribution in [3.05, 3.63) is 53.9 Å². The van der Waals surface area contributed by atoms with Crippen molar-refractivity contribution in [3.63, 3.8) is 0 Å². The number of nitrogens with one attached hydrogen (secondary N) is 1. The highest BCUT2D eigenvalue weighted by Gasteiger charge is 2.32. The average Bonchev–Trinajstić information content (AvgIpc) is 3.03. The molecule has 0 saturated heterocycles. The predicted octanol–water partition coefficient (Wildman–Crippen LogP) is 3.60. The molecule has 0 saturated carbocycles. The number of anilines is 2. The van der Waals surface area contributed by atoms with Gasteiger partial charge in [-0.2, -0.15) is 13.2 Å². The molecule has 0 atom stereocenters. The van der Waals surface area contributed by atoms with E-state index in [4.69, 9.17) is 15.0 Å². The first-order valence-corrected chi connectivity index (χ1v) is 7.53. The Labute approximate surface area is 150 Å². The molecule has 10 heteroatoms. The standard InChI is InChI=1S/C17H13F3N4O3/c1-26-12-3-2-10(17(18,19)20)8-11(12)23-16(25)13-14(24-27-15(13)21)9-4-6-22-7-5-9/h2-8H,21H2,1H3,(H,23,25). The van der Waals surface area contributed by atoms with E-state index in [0.29, 0.717) is 5.56 Å². The summed E-state index contributed by atoms with van der Waals surface area (Å²) >= 11 is 0. The second kappa shape index (κ2) is 6.98. The lowest BCUT2D eigenvalue weighted by molar-refractivity contribution is -0.137. The second-order valence-electron chi connectivity index (χ2n) is 5.37. The molecule has 3 rings (SSSR count). The van der Waals surface area contributed by atoms with Crippen LogP contribution in [0.25, 0.3) is 11.3 Å². The molecular weight excluding hydrogens is 365 g/mol. The van der Waals surface area contributed by atoms with E-state index in [1.807, 2.05) is 0 Å². The molecule has 1 amide bonds. The Kier molecular flexibility index (Phi) is 4.72. The number of hydrogen-bond donors (Lipinski definition) is 2. The first-order valence-electron chi connectivity index (χ1n) is 7.53. The summed E-state index contributed by atoms with van der Waals surface area (Å²) in [5, 5.41) is 6.12. The molecule has 0 bridgehead atoms. The zero-order valence-corrected chi connectivity index (χ0v) is 13.9. The molecule has 0 aliphatic heterocycles. The molecule has 0 radical (unpaired) electrons. The SMILES string of the molecule is COc1ccc(C(F)(F)F)cc1NC(=O)c1c(-c2ccncc2)noc1N. The quantitative estimate of drug-likeness (QED) is 0.719. The maximum absolute atomic E-state index is 13.0. The maximum atomic E-state index is 13.0. The summed E-state index contributed by atoms with van der Waals surface area (Å²) in [4.78, 5) is 16.5. The number of carbonyl (C=O) groups excluding carboxylic acids is 1. The third kappa shape index (κ3) is 3.68. The first-order chi connectivity index (χ1) is 12.8. The topological polar surface area (TPSA) is 103 Å². The molecule has 0 aliphatic rings. The molecule has 0 spiro atoms. The van der Waals surface area contributed by atoms with Gasteiger partial charge in [-0.1, -0.05) is 5.16 Å². The van der Waals surface area contributed by atoms with Crippen molar-refractivity contribution < 1.29 is 27.2 Å². The van der Waals surface area contributed by atoms with Gasteiger partial charge in [-0.15, -0.1) is 0 Å². The third-order valence-corrected chi connectivity index (χ3v) is 3.67. The van der Waals surface area contributed by atoms with Crippen LogP contribution in [0.3, 0.4) is 0 Å². The van der Waals surface area contributed by atoms with Gasteiger partial charge < -0.3 is 20.3 Å². The van der Waals surface area contributed by atoms with Crippen molar-refractivity contribution in [3.8, 4) is 17.0 Å². The van der Waals surface area contributed by atoms with E-state index < -0.39 is 17.6 Å². The van der Waals surface area contributed by atoms with Crippen molar-refractivity contribution in [1.29, 1.82) is 0 Å². The molecule has 27 heavy (non-hydrogen) atoms. The number of carbonyl (C=O) groups is 1. The summed E-state index contributed by atoms with van der Waals surface area (Å²) in [7, 11) is 1.27. The number of nitrogens with zero attached hydrogens (tertiary/aromatic N) is 2. The number of aromatic nitrogens is 2. The highest BCUT2D eigenvalue weighted by Crippen LogP contribution is 2.36. The van der Waals surface area contributed by atoms with Gasteiger partial charge in [0.1, 0.15) is 17.0 Å². The first kappa shape index (κ1) is 18.2. The molecule has 1 aromatic carbocycles. The van der Waals surface area contributed by atoms with E-state index in [1.54, 1.807) is 12.1 Å². The Morgan fingerprint density at radius 3 is 2.56 bits per heavy atom. The number of methoxy groups -OCH3 is 1. The van der Waals surface area contributed by atoms with E-state index >= 15 is 0 Å². The van der Waals surface area contributed by atoms with Crippen molar-refractivity contribution in [1.82, 2.24) is 10.1 Å². The molecule has 2 heterocycles. The van der Waals surface area contributed by atoms with Gasteiger partial charge >= 0.3 is 6.18 Å². The van der Waals surface area contributed by atoms with Gasteiger partial charge in [-0.05, 0) is 30.3 Å². The van der Waals surface area contributed by atoms with Crippen LogP contribution in [0, 0.1) is 0 Å². The van der Waals surface area contributed by atoms with Crippen molar-refractivity contribution in [2.45, 2.75) is 6.18 Å². The number of pyridine rings is 1. The highest BCUT2D eigenvalue weighted by molar-refractivity contribution is 6.11. The number of nitrogen functional groups attached to an aromatic ring is 1. The summed E-state index contributed by atoms with van der Waals surface area (Å²) in [6.07, 6.45) is -1.61. The molecule has 3 aromatic rings. The minimum absolute atomic E-state index is 0.0526. The number of rotatable bonds is 4. The Morgan fingerprint density at radius 2 is 1.93 bits per heavy atom. The number of nitrogens with two attached hydrogens (primary N) is 1. The fourth-order valence-corrected chi connectivity index (χ4v) is 2.40. The average molecular weight is 378 g/mol. The molecule has 7 nitrogen and oxygen atoms in total. The molecule has 2 aromatic heterocycles. The minimum Gasteiger partial charge on any atom is -0.495 e. The Morgan fingerprint density at radius 1 is 1.22 bits per heavy atom. The lowest BCUT2D eigenvalue weighted by Crippen LogP contribution is -2.15. The van der Waals surface area contributed by atoms with Gasteiger partial charge in [-0.25, -0.2) is 0 Å². The summed E-state index contributed by atoms with van der Waals surface area (Å²) in [6, 6.07) is 5.90.